The molecule has 0 aliphatic carbocycles. The van der Waals surface area contributed by atoms with E-state index in [4.69, 9.17) is 23.2 Å². The highest BCUT2D eigenvalue weighted by molar-refractivity contribution is 6.36. The average Bonchev–Trinajstić information content (AvgIpc) is 2.25. The van der Waals surface area contributed by atoms with Gasteiger partial charge in [0, 0.05) is 5.02 Å². The normalized spacial score (nSPS) is 16.2. The molecule has 1 heterocycles. The Bertz CT molecular complexity index is 462. The third kappa shape index (κ3) is 2.13. The number of rotatable bonds is 1. The molecule has 0 atom stereocenters. The number of carbonyl (C=O) groups excluding carboxylic acids is 2. The zero-order chi connectivity index (χ0) is 11.7. The Morgan fingerprint density at radius 2 is 2.00 bits per heavy atom. The van der Waals surface area contributed by atoms with Crippen LogP contribution in [-0.2, 0) is 9.59 Å². The van der Waals surface area contributed by atoms with Crippen molar-refractivity contribution in [3.8, 4) is 0 Å². The summed E-state index contributed by atoms with van der Waals surface area (Å²) in [5.74, 6) is -0.417. The number of piperazine rings is 1. The molecule has 0 spiro atoms. The third-order valence-electron chi connectivity index (χ3n) is 2.24. The second-order valence-corrected chi connectivity index (χ2v) is 4.20. The van der Waals surface area contributed by atoms with E-state index in [1.54, 1.807) is 18.2 Å². The van der Waals surface area contributed by atoms with Crippen LogP contribution in [0.4, 0.5) is 5.69 Å². The molecule has 0 bridgehead atoms. The maximum absolute atomic E-state index is 11.6. The van der Waals surface area contributed by atoms with Gasteiger partial charge in [-0.1, -0.05) is 23.2 Å². The van der Waals surface area contributed by atoms with Crippen LogP contribution in [-0.4, -0.2) is 24.9 Å². The van der Waals surface area contributed by atoms with Crippen molar-refractivity contribution in [1.29, 1.82) is 0 Å². The SMILES string of the molecule is O=C1CN(c2cc(Cl)ccc2Cl)C(=O)CN1. The van der Waals surface area contributed by atoms with Gasteiger partial charge in [0.15, 0.2) is 0 Å². The molecule has 0 saturated carbocycles. The fraction of sp³-hybridized carbons (Fsp3) is 0.200. The molecule has 1 aliphatic rings. The van der Waals surface area contributed by atoms with E-state index in [1.165, 1.54) is 4.90 Å². The first-order valence-corrected chi connectivity index (χ1v) is 5.35. The summed E-state index contributed by atoms with van der Waals surface area (Å²) in [6, 6.07) is 4.79. The lowest BCUT2D eigenvalue weighted by atomic mass is 10.2. The van der Waals surface area contributed by atoms with Gasteiger partial charge in [-0.05, 0) is 18.2 Å². The van der Waals surface area contributed by atoms with Crippen LogP contribution in [0.5, 0.6) is 0 Å². The lowest BCUT2D eigenvalue weighted by molar-refractivity contribution is -0.128. The number of benzene rings is 1. The molecular formula is C10H8Cl2N2O2. The number of hydrogen-bond acceptors (Lipinski definition) is 2. The molecule has 1 fully saturated rings. The second kappa shape index (κ2) is 4.31. The van der Waals surface area contributed by atoms with Crippen molar-refractivity contribution in [2.24, 2.45) is 0 Å². The minimum Gasteiger partial charge on any atom is -0.345 e. The van der Waals surface area contributed by atoms with Gasteiger partial charge in [-0.3, -0.25) is 14.5 Å². The lowest BCUT2D eigenvalue weighted by Gasteiger charge is -2.27. The Morgan fingerprint density at radius 3 is 2.75 bits per heavy atom. The van der Waals surface area contributed by atoms with Gasteiger partial charge in [-0.25, -0.2) is 0 Å². The predicted molar refractivity (Wildman–Crippen MR) is 61.8 cm³/mol. The number of carbonyl (C=O) groups is 2. The predicted octanol–water partition coefficient (Wildman–Crippen LogP) is 1.46. The Balaban J connectivity index is 2.38. The van der Waals surface area contributed by atoms with Gasteiger partial charge in [0.05, 0.1) is 17.3 Å². The maximum atomic E-state index is 11.6. The number of nitrogens with zero attached hydrogens (tertiary/aromatic N) is 1. The summed E-state index contributed by atoms with van der Waals surface area (Å²) in [6.07, 6.45) is 0. The highest BCUT2D eigenvalue weighted by atomic mass is 35.5. The standard InChI is InChI=1S/C10H8Cl2N2O2/c11-6-1-2-7(12)8(3-6)14-5-9(15)13-4-10(14)16/h1-3H,4-5H2,(H,13,15). The van der Waals surface area contributed by atoms with E-state index in [0.29, 0.717) is 15.7 Å². The molecule has 1 saturated heterocycles. The van der Waals surface area contributed by atoms with Crippen LogP contribution < -0.4 is 10.2 Å². The van der Waals surface area contributed by atoms with Crippen LogP contribution in [0.15, 0.2) is 18.2 Å². The Hall–Kier alpha value is -1.26. The first-order chi connectivity index (χ1) is 7.58. The van der Waals surface area contributed by atoms with Crippen molar-refractivity contribution in [3.05, 3.63) is 28.2 Å². The highest BCUT2D eigenvalue weighted by Gasteiger charge is 2.25. The van der Waals surface area contributed by atoms with Crippen molar-refractivity contribution in [1.82, 2.24) is 5.32 Å². The monoisotopic (exact) mass is 258 g/mol. The molecule has 1 aromatic rings. The smallest absolute Gasteiger partial charge is 0.246 e. The third-order valence-corrected chi connectivity index (χ3v) is 2.79. The van der Waals surface area contributed by atoms with Crippen molar-refractivity contribution in [2.45, 2.75) is 0 Å². The Kier molecular flexibility index (Phi) is 3.03. The van der Waals surface area contributed by atoms with Crippen LogP contribution in [0.2, 0.25) is 10.0 Å². The number of hydrogen-bond donors (Lipinski definition) is 1. The topological polar surface area (TPSA) is 49.4 Å². The van der Waals surface area contributed by atoms with E-state index in [0.717, 1.165) is 0 Å². The van der Waals surface area contributed by atoms with Crippen LogP contribution in [0.25, 0.3) is 0 Å². The average molecular weight is 259 g/mol. The van der Waals surface area contributed by atoms with Crippen molar-refractivity contribution < 1.29 is 9.59 Å². The molecule has 0 unspecified atom stereocenters. The summed E-state index contributed by atoms with van der Waals surface area (Å²) in [4.78, 5) is 24.1. The minimum atomic E-state index is -0.212. The summed E-state index contributed by atoms with van der Waals surface area (Å²) >= 11 is 11.8. The largest absolute Gasteiger partial charge is 0.345 e. The molecule has 0 aromatic heterocycles. The van der Waals surface area contributed by atoms with Crippen LogP contribution in [0.1, 0.15) is 0 Å². The summed E-state index contributed by atoms with van der Waals surface area (Å²) in [7, 11) is 0. The molecule has 2 amide bonds. The molecule has 6 heteroatoms. The minimum absolute atomic E-state index is 0.0122. The second-order valence-electron chi connectivity index (χ2n) is 3.35. The van der Waals surface area contributed by atoms with Crippen molar-refractivity contribution in [2.75, 3.05) is 18.0 Å². The van der Waals surface area contributed by atoms with Crippen LogP contribution in [0, 0.1) is 0 Å². The number of amides is 2. The summed E-state index contributed by atoms with van der Waals surface area (Å²) in [6.45, 7) is -0.0411. The van der Waals surface area contributed by atoms with Crippen molar-refractivity contribution >= 4 is 40.7 Å². The van der Waals surface area contributed by atoms with E-state index < -0.39 is 0 Å². The molecule has 1 N–H and O–H groups in total. The number of nitrogens with one attached hydrogen (secondary N) is 1. The highest BCUT2D eigenvalue weighted by Crippen LogP contribution is 2.29. The molecule has 84 valence electrons. The Morgan fingerprint density at radius 1 is 1.25 bits per heavy atom. The van der Waals surface area contributed by atoms with Gasteiger partial charge >= 0.3 is 0 Å². The first kappa shape index (κ1) is 11.2. The summed E-state index contributed by atoms with van der Waals surface area (Å²) in [5.41, 5.74) is 0.467. The van der Waals surface area contributed by atoms with Gasteiger partial charge in [0.1, 0.15) is 6.54 Å². The Labute approximate surface area is 102 Å². The summed E-state index contributed by atoms with van der Waals surface area (Å²) in [5, 5.41) is 3.33. The first-order valence-electron chi connectivity index (χ1n) is 4.60. The van der Waals surface area contributed by atoms with E-state index in [9.17, 15) is 9.59 Å². The van der Waals surface area contributed by atoms with E-state index >= 15 is 0 Å². The zero-order valence-electron chi connectivity index (χ0n) is 8.17. The molecule has 4 nitrogen and oxygen atoms in total. The van der Waals surface area contributed by atoms with E-state index in [-0.39, 0.29) is 24.9 Å². The van der Waals surface area contributed by atoms with Crippen LogP contribution in [0.3, 0.4) is 0 Å². The molecule has 2 rings (SSSR count). The van der Waals surface area contributed by atoms with E-state index in [1.807, 2.05) is 0 Å². The lowest BCUT2D eigenvalue weighted by Crippen LogP contribution is -2.51. The quantitative estimate of drug-likeness (QED) is 0.829. The van der Waals surface area contributed by atoms with Gasteiger partial charge in [0.2, 0.25) is 11.8 Å². The van der Waals surface area contributed by atoms with Gasteiger partial charge in [-0.15, -0.1) is 0 Å². The zero-order valence-corrected chi connectivity index (χ0v) is 9.68. The van der Waals surface area contributed by atoms with Crippen molar-refractivity contribution in [3.63, 3.8) is 0 Å². The fourth-order valence-electron chi connectivity index (χ4n) is 1.47. The van der Waals surface area contributed by atoms with Gasteiger partial charge < -0.3 is 5.32 Å². The molecule has 16 heavy (non-hydrogen) atoms. The van der Waals surface area contributed by atoms with Gasteiger partial charge in [-0.2, -0.15) is 0 Å². The molecule has 0 radical (unpaired) electrons. The molecule has 1 aliphatic heterocycles. The molecular weight excluding hydrogens is 251 g/mol. The maximum Gasteiger partial charge on any atom is 0.246 e. The fourth-order valence-corrected chi connectivity index (χ4v) is 1.86. The van der Waals surface area contributed by atoms with E-state index in [2.05, 4.69) is 5.32 Å². The van der Waals surface area contributed by atoms with Crippen LogP contribution >= 0.6 is 23.2 Å². The summed E-state index contributed by atoms with van der Waals surface area (Å²) < 4.78 is 0. The number of anilines is 1. The molecule has 1 aromatic carbocycles. The number of halogens is 2. The van der Waals surface area contributed by atoms with Gasteiger partial charge in [0.25, 0.3) is 0 Å².